The van der Waals surface area contributed by atoms with E-state index in [0.717, 1.165) is 17.5 Å². The zero-order valence-corrected chi connectivity index (χ0v) is 11.5. The fourth-order valence-electron chi connectivity index (χ4n) is 2.65. The van der Waals surface area contributed by atoms with Crippen LogP contribution in [-0.4, -0.2) is 0 Å². The number of hydrogen-bond acceptors (Lipinski definition) is 2. The number of rotatable bonds is 2. The van der Waals surface area contributed by atoms with Crippen LogP contribution in [0.25, 0.3) is 0 Å². The minimum Gasteiger partial charge on any atom is -0.485 e. The van der Waals surface area contributed by atoms with Gasteiger partial charge in [0.15, 0.2) is 0 Å². The Morgan fingerprint density at radius 2 is 1.95 bits per heavy atom. The van der Waals surface area contributed by atoms with Gasteiger partial charge in [-0.2, -0.15) is 0 Å². The van der Waals surface area contributed by atoms with Crippen LogP contribution in [0.15, 0.2) is 42.5 Å². The number of halogens is 1. The molecule has 0 aromatic heterocycles. The highest BCUT2D eigenvalue weighted by molar-refractivity contribution is 5.39. The molecule has 1 heterocycles. The molecule has 1 aliphatic rings. The molecule has 0 fully saturated rings. The molecule has 1 unspecified atom stereocenters. The summed E-state index contributed by atoms with van der Waals surface area (Å²) in [7, 11) is 0. The van der Waals surface area contributed by atoms with Gasteiger partial charge in [-0.3, -0.25) is 0 Å². The standard InChI is InChI=1S/C17H18FNO/c1-2-11-3-5-12(6-4-11)17-10-15(19)14-9-13(18)7-8-16(14)20-17/h3-9,15,17H,2,10,19H2,1H3/t15-,17?/m0/s1. The van der Waals surface area contributed by atoms with Gasteiger partial charge in [0.1, 0.15) is 17.7 Å². The number of hydrogen-bond donors (Lipinski definition) is 1. The lowest BCUT2D eigenvalue weighted by atomic mass is 9.93. The van der Waals surface area contributed by atoms with Crippen LogP contribution >= 0.6 is 0 Å². The second kappa shape index (κ2) is 5.25. The van der Waals surface area contributed by atoms with E-state index in [1.54, 1.807) is 6.07 Å². The quantitative estimate of drug-likeness (QED) is 0.898. The lowest BCUT2D eigenvalue weighted by Gasteiger charge is -2.30. The van der Waals surface area contributed by atoms with E-state index in [2.05, 4.69) is 31.2 Å². The molecule has 0 aliphatic carbocycles. The second-order valence-corrected chi connectivity index (χ2v) is 5.23. The Morgan fingerprint density at radius 1 is 1.20 bits per heavy atom. The highest BCUT2D eigenvalue weighted by atomic mass is 19.1. The summed E-state index contributed by atoms with van der Waals surface area (Å²) in [6.07, 6.45) is 1.63. The first-order valence-electron chi connectivity index (χ1n) is 6.98. The lowest BCUT2D eigenvalue weighted by Crippen LogP contribution is -2.24. The molecule has 0 spiro atoms. The first-order chi connectivity index (χ1) is 9.67. The third-order valence-corrected chi connectivity index (χ3v) is 3.87. The van der Waals surface area contributed by atoms with E-state index >= 15 is 0 Å². The van der Waals surface area contributed by atoms with Gasteiger partial charge in [0, 0.05) is 18.0 Å². The molecule has 3 rings (SSSR count). The van der Waals surface area contributed by atoms with Crippen molar-refractivity contribution < 1.29 is 9.13 Å². The van der Waals surface area contributed by atoms with Crippen molar-refractivity contribution in [1.29, 1.82) is 0 Å². The van der Waals surface area contributed by atoms with E-state index < -0.39 is 0 Å². The predicted molar refractivity (Wildman–Crippen MR) is 77.1 cm³/mol. The molecule has 104 valence electrons. The molecule has 3 heteroatoms. The molecule has 2 N–H and O–H groups in total. The Labute approximate surface area is 118 Å². The Bertz CT molecular complexity index is 609. The lowest BCUT2D eigenvalue weighted by molar-refractivity contribution is 0.161. The van der Waals surface area contributed by atoms with Crippen molar-refractivity contribution >= 4 is 0 Å². The molecule has 0 saturated carbocycles. The summed E-state index contributed by atoms with van der Waals surface area (Å²) >= 11 is 0. The van der Waals surface area contributed by atoms with Crippen LogP contribution in [0, 0.1) is 5.82 Å². The van der Waals surface area contributed by atoms with Gasteiger partial charge in [0.2, 0.25) is 0 Å². The SMILES string of the molecule is CCc1ccc(C2C[C@H](N)c3cc(F)ccc3O2)cc1. The number of ether oxygens (including phenoxy) is 1. The summed E-state index contributed by atoms with van der Waals surface area (Å²) in [6, 6.07) is 12.8. The molecular weight excluding hydrogens is 253 g/mol. The maximum absolute atomic E-state index is 13.3. The van der Waals surface area contributed by atoms with Crippen molar-refractivity contribution in [2.75, 3.05) is 0 Å². The third-order valence-electron chi connectivity index (χ3n) is 3.87. The van der Waals surface area contributed by atoms with Gasteiger partial charge in [0.25, 0.3) is 0 Å². The fraction of sp³-hybridized carbons (Fsp3) is 0.294. The molecule has 2 nitrogen and oxygen atoms in total. The van der Waals surface area contributed by atoms with E-state index in [1.165, 1.54) is 17.7 Å². The molecule has 0 saturated heterocycles. The molecule has 2 aromatic carbocycles. The van der Waals surface area contributed by atoms with Gasteiger partial charge < -0.3 is 10.5 Å². The smallest absolute Gasteiger partial charge is 0.126 e. The number of fused-ring (bicyclic) bond motifs is 1. The molecule has 20 heavy (non-hydrogen) atoms. The minimum absolute atomic E-state index is 0.0612. The molecule has 2 aromatic rings. The average Bonchev–Trinajstić information content (AvgIpc) is 2.48. The fourth-order valence-corrected chi connectivity index (χ4v) is 2.65. The zero-order valence-electron chi connectivity index (χ0n) is 11.5. The summed E-state index contributed by atoms with van der Waals surface area (Å²) < 4.78 is 19.2. The number of benzene rings is 2. The zero-order chi connectivity index (χ0) is 14.1. The van der Waals surface area contributed by atoms with Crippen molar-refractivity contribution in [3.8, 4) is 5.75 Å². The van der Waals surface area contributed by atoms with Crippen molar-refractivity contribution in [3.05, 3.63) is 65.0 Å². The van der Waals surface area contributed by atoms with Crippen molar-refractivity contribution in [3.63, 3.8) is 0 Å². The van der Waals surface area contributed by atoms with Crippen LogP contribution in [0.2, 0.25) is 0 Å². The molecule has 0 radical (unpaired) electrons. The van der Waals surface area contributed by atoms with Crippen LogP contribution in [0.3, 0.4) is 0 Å². The first-order valence-corrected chi connectivity index (χ1v) is 6.98. The van der Waals surface area contributed by atoms with Crippen molar-refractivity contribution in [2.24, 2.45) is 5.73 Å². The van der Waals surface area contributed by atoms with Crippen LogP contribution in [0.1, 0.15) is 42.2 Å². The Kier molecular flexibility index (Phi) is 3.45. The van der Waals surface area contributed by atoms with Gasteiger partial charge in [-0.1, -0.05) is 31.2 Å². The summed E-state index contributed by atoms with van der Waals surface area (Å²) in [5.74, 6) is 0.420. The average molecular weight is 271 g/mol. The second-order valence-electron chi connectivity index (χ2n) is 5.23. The van der Waals surface area contributed by atoms with Crippen LogP contribution < -0.4 is 10.5 Å². The highest BCUT2D eigenvalue weighted by Gasteiger charge is 2.27. The Morgan fingerprint density at radius 3 is 2.65 bits per heavy atom. The van der Waals surface area contributed by atoms with Gasteiger partial charge in [-0.15, -0.1) is 0 Å². The maximum Gasteiger partial charge on any atom is 0.126 e. The van der Waals surface area contributed by atoms with Crippen LogP contribution in [0.5, 0.6) is 5.75 Å². The molecule has 0 bridgehead atoms. The third kappa shape index (κ3) is 2.41. The molecule has 1 aliphatic heterocycles. The molecule has 2 atom stereocenters. The largest absolute Gasteiger partial charge is 0.485 e. The van der Waals surface area contributed by atoms with Crippen LogP contribution in [-0.2, 0) is 6.42 Å². The van der Waals surface area contributed by atoms with Gasteiger partial charge in [-0.25, -0.2) is 4.39 Å². The molecule has 0 amide bonds. The monoisotopic (exact) mass is 271 g/mol. The van der Waals surface area contributed by atoms with E-state index in [4.69, 9.17) is 10.5 Å². The van der Waals surface area contributed by atoms with E-state index in [-0.39, 0.29) is 18.0 Å². The summed E-state index contributed by atoms with van der Waals surface area (Å²) in [4.78, 5) is 0. The first kappa shape index (κ1) is 13.1. The molecular formula is C17H18FNO. The normalized spacial score (nSPS) is 21.1. The predicted octanol–water partition coefficient (Wildman–Crippen LogP) is 3.91. The van der Waals surface area contributed by atoms with Gasteiger partial charge in [0.05, 0.1) is 0 Å². The summed E-state index contributed by atoms with van der Waals surface area (Å²) in [6.45, 7) is 2.13. The van der Waals surface area contributed by atoms with Gasteiger partial charge >= 0.3 is 0 Å². The summed E-state index contributed by atoms with van der Waals surface area (Å²) in [5.41, 5.74) is 9.33. The van der Waals surface area contributed by atoms with Crippen LogP contribution in [0.4, 0.5) is 4.39 Å². The van der Waals surface area contributed by atoms with Crippen molar-refractivity contribution in [1.82, 2.24) is 0 Å². The maximum atomic E-state index is 13.3. The van der Waals surface area contributed by atoms with E-state index in [1.807, 2.05) is 0 Å². The number of nitrogens with two attached hydrogens (primary N) is 1. The van der Waals surface area contributed by atoms with Gasteiger partial charge in [-0.05, 0) is 35.7 Å². The highest BCUT2D eigenvalue weighted by Crippen LogP contribution is 2.39. The summed E-state index contributed by atoms with van der Waals surface area (Å²) in [5, 5.41) is 0. The topological polar surface area (TPSA) is 35.2 Å². The minimum atomic E-state index is -0.270. The van der Waals surface area contributed by atoms with Crippen molar-refractivity contribution in [2.45, 2.75) is 31.9 Å². The number of aryl methyl sites for hydroxylation is 1. The van der Waals surface area contributed by atoms with E-state index in [0.29, 0.717) is 12.2 Å². The Balaban J connectivity index is 1.88. The Hall–Kier alpha value is -1.87. The van der Waals surface area contributed by atoms with E-state index in [9.17, 15) is 4.39 Å².